The van der Waals surface area contributed by atoms with Gasteiger partial charge in [-0.05, 0) is 36.5 Å². The van der Waals surface area contributed by atoms with Crippen LogP contribution in [0.15, 0.2) is 35.4 Å². The second-order valence-electron chi connectivity index (χ2n) is 6.53. The Morgan fingerprint density at radius 2 is 1.79 bits per heavy atom. The van der Waals surface area contributed by atoms with Crippen LogP contribution in [-0.4, -0.2) is 42.4 Å². The standard InChI is InChI=1S/C19H19ClF3N5S/c20-14-2-1-3-15(21)13(14)11-27-4-6-28(7-5-27)18-16(22)8-12(9-17(18)23)10-25-26-19(24)29/h1-3,8-10H,4-7,11H2,(H3,24,26,29)/b25-10+. The van der Waals surface area contributed by atoms with E-state index in [1.165, 1.54) is 24.4 Å². The Hall–Kier alpha value is -2.36. The molecule has 0 radical (unpaired) electrons. The molecule has 3 rings (SSSR count). The predicted molar refractivity (Wildman–Crippen MR) is 113 cm³/mol. The van der Waals surface area contributed by atoms with E-state index < -0.39 is 11.6 Å². The molecule has 3 N–H and O–H groups in total. The fourth-order valence-corrected chi connectivity index (χ4v) is 3.44. The Balaban J connectivity index is 1.66. The van der Waals surface area contributed by atoms with E-state index in [4.69, 9.17) is 17.3 Å². The number of halogens is 4. The molecule has 0 saturated carbocycles. The van der Waals surface area contributed by atoms with Gasteiger partial charge in [0, 0.05) is 48.9 Å². The molecule has 0 aliphatic carbocycles. The largest absolute Gasteiger partial charge is 0.375 e. The number of nitrogens with zero attached hydrogens (tertiary/aromatic N) is 3. The highest BCUT2D eigenvalue weighted by Crippen LogP contribution is 2.27. The Bertz CT molecular complexity index is 889. The van der Waals surface area contributed by atoms with Gasteiger partial charge in [0.25, 0.3) is 0 Å². The summed E-state index contributed by atoms with van der Waals surface area (Å²) >= 11 is 10.7. The van der Waals surface area contributed by atoms with Gasteiger partial charge in [-0.25, -0.2) is 13.2 Å². The first-order chi connectivity index (χ1) is 13.8. The van der Waals surface area contributed by atoms with Gasteiger partial charge >= 0.3 is 0 Å². The molecule has 5 nitrogen and oxygen atoms in total. The molecule has 1 aliphatic rings. The van der Waals surface area contributed by atoms with Gasteiger partial charge < -0.3 is 10.6 Å². The third kappa shape index (κ3) is 5.37. The lowest BCUT2D eigenvalue weighted by Gasteiger charge is -2.36. The van der Waals surface area contributed by atoms with Crippen molar-refractivity contribution in [2.75, 3.05) is 31.1 Å². The summed E-state index contributed by atoms with van der Waals surface area (Å²) in [6.07, 6.45) is 1.23. The molecule has 0 spiro atoms. The average Bonchev–Trinajstić information content (AvgIpc) is 2.65. The maximum absolute atomic E-state index is 14.5. The van der Waals surface area contributed by atoms with Crippen molar-refractivity contribution in [3.63, 3.8) is 0 Å². The molecular weight excluding hydrogens is 423 g/mol. The lowest BCUT2D eigenvalue weighted by atomic mass is 10.1. The maximum Gasteiger partial charge on any atom is 0.184 e. The Kier molecular flexibility index (Phi) is 6.94. The smallest absolute Gasteiger partial charge is 0.184 e. The summed E-state index contributed by atoms with van der Waals surface area (Å²) in [6, 6.07) is 6.94. The summed E-state index contributed by atoms with van der Waals surface area (Å²) in [5.74, 6) is -1.74. The molecule has 0 unspecified atom stereocenters. The molecule has 0 amide bonds. The number of piperazine rings is 1. The molecule has 0 atom stereocenters. The van der Waals surface area contributed by atoms with Gasteiger partial charge in [0.05, 0.1) is 6.21 Å². The van der Waals surface area contributed by atoms with Crippen LogP contribution >= 0.6 is 23.8 Å². The molecule has 1 heterocycles. The number of benzene rings is 2. The number of nitrogens with one attached hydrogen (secondary N) is 1. The van der Waals surface area contributed by atoms with Crippen molar-refractivity contribution >= 4 is 40.8 Å². The second kappa shape index (κ2) is 9.43. The van der Waals surface area contributed by atoms with E-state index in [1.807, 2.05) is 4.90 Å². The minimum Gasteiger partial charge on any atom is -0.375 e. The molecule has 0 bridgehead atoms. The van der Waals surface area contributed by atoms with Crippen LogP contribution in [-0.2, 0) is 6.54 Å². The van der Waals surface area contributed by atoms with E-state index in [9.17, 15) is 13.2 Å². The second-order valence-corrected chi connectivity index (χ2v) is 7.38. The topological polar surface area (TPSA) is 56.9 Å². The van der Waals surface area contributed by atoms with Gasteiger partial charge in [0.1, 0.15) is 23.1 Å². The van der Waals surface area contributed by atoms with Gasteiger partial charge in [-0.15, -0.1) is 0 Å². The third-order valence-corrected chi connectivity index (χ3v) is 5.00. The van der Waals surface area contributed by atoms with Crippen molar-refractivity contribution in [3.8, 4) is 0 Å². The van der Waals surface area contributed by atoms with Crippen molar-refractivity contribution in [3.05, 3.63) is 63.9 Å². The molecule has 10 heteroatoms. The quantitative estimate of drug-likeness (QED) is 0.424. The number of thiocarbonyl (C=S) groups is 1. The van der Waals surface area contributed by atoms with Crippen LogP contribution in [0.2, 0.25) is 5.02 Å². The van der Waals surface area contributed by atoms with Crippen LogP contribution in [0.3, 0.4) is 0 Å². The summed E-state index contributed by atoms with van der Waals surface area (Å²) in [4.78, 5) is 3.64. The monoisotopic (exact) mass is 441 g/mol. The van der Waals surface area contributed by atoms with Gasteiger partial charge in [0.15, 0.2) is 5.11 Å². The van der Waals surface area contributed by atoms with Crippen LogP contribution in [0.5, 0.6) is 0 Å². The van der Waals surface area contributed by atoms with E-state index in [2.05, 4.69) is 22.7 Å². The van der Waals surface area contributed by atoms with Gasteiger partial charge in [0.2, 0.25) is 0 Å². The fraction of sp³-hybridized carbons (Fsp3) is 0.263. The molecule has 154 valence electrons. The highest BCUT2D eigenvalue weighted by molar-refractivity contribution is 7.80. The molecule has 1 fully saturated rings. The number of hydrogen-bond acceptors (Lipinski definition) is 4. The minimum atomic E-state index is -0.688. The zero-order valence-electron chi connectivity index (χ0n) is 15.3. The number of anilines is 1. The normalized spacial score (nSPS) is 15.1. The van der Waals surface area contributed by atoms with Crippen molar-refractivity contribution in [1.82, 2.24) is 10.3 Å². The van der Waals surface area contributed by atoms with E-state index in [0.29, 0.717) is 43.3 Å². The number of hydrogen-bond donors (Lipinski definition) is 2. The molecule has 2 aromatic rings. The van der Waals surface area contributed by atoms with Gasteiger partial charge in [-0.2, -0.15) is 5.10 Å². The Morgan fingerprint density at radius 1 is 1.14 bits per heavy atom. The van der Waals surface area contributed by atoms with Crippen LogP contribution in [0.4, 0.5) is 18.9 Å². The first kappa shape index (κ1) is 21.4. The van der Waals surface area contributed by atoms with Crippen LogP contribution in [0.25, 0.3) is 0 Å². The summed E-state index contributed by atoms with van der Waals surface area (Å²) < 4.78 is 43.0. The first-order valence-corrected chi connectivity index (χ1v) is 9.61. The molecule has 1 aliphatic heterocycles. The molecule has 29 heavy (non-hydrogen) atoms. The SMILES string of the molecule is NC(=S)N/N=C/c1cc(F)c(N2CCN(Cc3c(F)cccc3Cl)CC2)c(F)c1. The molecule has 1 saturated heterocycles. The van der Waals surface area contributed by atoms with Crippen molar-refractivity contribution in [1.29, 1.82) is 0 Å². The van der Waals surface area contributed by atoms with E-state index >= 15 is 0 Å². The van der Waals surface area contributed by atoms with Gasteiger partial charge in [-0.3, -0.25) is 10.3 Å². The van der Waals surface area contributed by atoms with Crippen LogP contribution < -0.4 is 16.1 Å². The summed E-state index contributed by atoms with van der Waals surface area (Å²) in [6.45, 7) is 2.18. The van der Waals surface area contributed by atoms with Gasteiger partial charge in [-0.1, -0.05) is 17.7 Å². The Labute approximate surface area is 176 Å². The van der Waals surface area contributed by atoms with Crippen LogP contribution in [0, 0.1) is 17.5 Å². The highest BCUT2D eigenvalue weighted by atomic mass is 35.5. The van der Waals surface area contributed by atoms with Crippen molar-refractivity contribution in [2.45, 2.75) is 6.54 Å². The van der Waals surface area contributed by atoms with E-state index in [0.717, 1.165) is 0 Å². The van der Waals surface area contributed by atoms with E-state index in [-0.39, 0.29) is 22.2 Å². The Morgan fingerprint density at radius 3 is 2.38 bits per heavy atom. The molecule has 0 aromatic heterocycles. The molecular formula is C19H19ClF3N5S. The predicted octanol–water partition coefficient (Wildman–Crippen LogP) is 3.25. The lowest BCUT2D eigenvalue weighted by Crippen LogP contribution is -2.46. The highest BCUT2D eigenvalue weighted by Gasteiger charge is 2.24. The maximum atomic E-state index is 14.5. The number of rotatable bonds is 5. The van der Waals surface area contributed by atoms with E-state index in [1.54, 1.807) is 17.0 Å². The zero-order valence-corrected chi connectivity index (χ0v) is 16.9. The summed E-state index contributed by atoms with van der Waals surface area (Å²) in [5, 5.41) is 4.01. The fourth-order valence-electron chi connectivity index (χ4n) is 3.17. The zero-order chi connectivity index (χ0) is 21.0. The average molecular weight is 442 g/mol. The third-order valence-electron chi connectivity index (χ3n) is 4.56. The molecule has 2 aromatic carbocycles. The van der Waals surface area contributed by atoms with Crippen molar-refractivity contribution < 1.29 is 13.2 Å². The summed E-state index contributed by atoms with van der Waals surface area (Å²) in [7, 11) is 0. The first-order valence-electron chi connectivity index (χ1n) is 8.83. The van der Waals surface area contributed by atoms with Crippen molar-refractivity contribution in [2.24, 2.45) is 10.8 Å². The minimum absolute atomic E-state index is 0.0478. The summed E-state index contributed by atoms with van der Waals surface area (Å²) in [5.41, 5.74) is 8.13. The number of nitrogens with two attached hydrogens (primary N) is 1. The number of hydrazone groups is 1. The lowest BCUT2D eigenvalue weighted by molar-refractivity contribution is 0.245. The van der Waals surface area contributed by atoms with Crippen LogP contribution in [0.1, 0.15) is 11.1 Å².